The first-order valence-corrected chi connectivity index (χ1v) is 9.49. The fourth-order valence-corrected chi connectivity index (χ4v) is 4.46. The average molecular weight is 414 g/mol. The number of hydrogen-bond donors (Lipinski definition) is 3. The molecule has 2 aliphatic rings. The summed E-state index contributed by atoms with van der Waals surface area (Å²) in [6.07, 6.45) is 1.41. The molecule has 2 heterocycles. The van der Waals surface area contributed by atoms with E-state index in [9.17, 15) is 29.4 Å². The molecule has 2 aliphatic heterocycles. The number of fused-ring (bicyclic) bond motifs is 1. The van der Waals surface area contributed by atoms with Crippen LogP contribution in [0.25, 0.3) is 0 Å². The maximum atomic E-state index is 11.8. The predicted octanol–water partition coefficient (Wildman–Crippen LogP) is 0.620. The number of carboxylic acid groups (broad SMARTS) is 2. The summed E-state index contributed by atoms with van der Waals surface area (Å²) in [7, 11) is 0. The van der Waals surface area contributed by atoms with Crippen LogP contribution in [0.2, 0.25) is 0 Å². The van der Waals surface area contributed by atoms with Crippen LogP contribution in [-0.4, -0.2) is 63.4 Å². The Kier molecular flexibility index (Phi) is 7.58. The van der Waals surface area contributed by atoms with Crippen molar-refractivity contribution in [3.05, 3.63) is 12.2 Å². The topological polar surface area (TPSA) is 152 Å². The molecule has 0 saturated carbocycles. The number of aliphatic carboxylic acids is 2. The van der Waals surface area contributed by atoms with Crippen LogP contribution in [-0.2, 0) is 28.7 Å². The maximum absolute atomic E-state index is 11.8. The minimum Gasteiger partial charge on any atom is -0.481 e. The predicted molar refractivity (Wildman–Crippen MR) is 98.6 cm³/mol. The van der Waals surface area contributed by atoms with Crippen LogP contribution < -0.4 is 5.32 Å². The summed E-state index contributed by atoms with van der Waals surface area (Å²) < 4.78 is 10.9. The van der Waals surface area contributed by atoms with E-state index >= 15 is 0 Å². The lowest BCUT2D eigenvalue weighted by atomic mass is 9.76. The normalized spacial score (nSPS) is 29.1. The SMILES string of the molecule is CC=CC(=O)NC1=N[C@@H]2[C@H](CC(=O)O)[C@H](CC(=O)O)[C@H](COC(C)=O)O[C@@H]2S1. The number of carbonyl (C=O) groups is 4. The van der Waals surface area contributed by atoms with Gasteiger partial charge in [0.15, 0.2) is 5.17 Å². The van der Waals surface area contributed by atoms with Crippen LogP contribution >= 0.6 is 11.8 Å². The van der Waals surface area contributed by atoms with Crippen LogP contribution in [0.4, 0.5) is 0 Å². The Hall–Kier alpha value is -2.40. The van der Waals surface area contributed by atoms with Crippen LogP contribution in [0.15, 0.2) is 17.1 Å². The minimum absolute atomic E-state index is 0.187. The Balaban J connectivity index is 2.28. The molecular weight excluding hydrogens is 392 g/mol. The van der Waals surface area contributed by atoms with E-state index in [4.69, 9.17) is 9.47 Å². The van der Waals surface area contributed by atoms with Crippen LogP contribution in [0, 0.1) is 11.8 Å². The van der Waals surface area contributed by atoms with Crippen molar-refractivity contribution in [1.82, 2.24) is 5.32 Å². The van der Waals surface area contributed by atoms with E-state index in [0.29, 0.717) is 0 Å². The van der Waals surface area contributed by atoms with Gasteiger partial charge >= 0.3 is 17.9 Å². The van der Waals surface area contributed by atoms with Gasteiger partial charge in [0, 0.05) is 18.8 Å². The molecule has 1 saturated heterocycles. The van der Waals surface area contributed by atoms with E-state index in [1.54, 1.807) is 13.0 Å². The zero-order valence-corrected chi connectivity index (χ0v) is 16.2. The molecule has 0 radical (unpaired) electrons. The highest BCUT2D eigenvalue weighted by Crippen LogP contribution is 2.44. The number of hydrogen-bond acceptors (Lipinski definition) is 8. The largest absolute Gasteiger partial charge is 0.481 e. The van der Waals surface area contributed by atoms with Crippen molar-refractivity contribution in [2.24, 2.45) is 16.8 Å². The number of carbonyl (C=O) groups excluding carboxylic acids is 2. The number of amidine groups is 1. The van der Waals surface area contributed by atoms with E-state index in [1.807, 2.05) is 0 Å². The van der Waals surface area contributed by atoms with E-state index in [2.05, 4.69) is 10.3 Å². The van der Waals surface area contributed by atoms with Gasteiger partial charge in [0.2, 0.25) is 5.91 Å². The molecule has 3 N–H and O–H groups in total. The number of rotatable bonds is 7. The summed E-state index contributed by atoms with van der Waals surface area (Å²) in [4.78, 5) is 50.0. The highest BCUT2D eigenvalue weighted by Gasteiger charge is 2.50. The van der Waals surface area contributed by atoms with Crippen molar-refractivity contribution >= 4 is 40.7 Å². The molecule has 1 amide bonds. The lowest BCUT2D eigenvalue weighted by molar-refractivity contribution is -0.162. The second-order valence-electron chi connectivity index (χ2n) is 6.40. The number of allylic oxidation sites excluding steroid dienone is 1. The first-order valence-electron chi connectivity index (χ1n) is 8.61. The van der Waals surface area contributed by atoms with E-state index < -0.39 is 47.3 Å². The Morgan fingerprint density at radius 3 is 2.43 bits per heavy atom. The highest BCUT2D eigenvalue weighted by molar-refractivity contribution is 8.14. The standard InChI is InChI=1S/C17H22N2O8S/c1-3-4-12(21)18-17-19-15-10(6-14(24)25)9(5-13(22)23)11(7-26-8(2)20)27-16(15)28-17/h3-4,9-11,15-16H,5-7H2,1-2H3,(H,22,23)(H,24,25)(H,18,19,21)/t9-,10+,11-,15+,16+/m0/s1. The molecule has 0 aromatic heterocycles. The van der Waals surface area contributed by atoms with Crippen LogP contribution in [0.3, 0.4) is 0 Å². The molecule has 0 aliphatic carbocycles. The third-order valence-electron chi connectivity index (χ3n) is 4.37. The molecular formula is C17H22N2O8S. The first-order chi connectivity index (χ1) is 13.2. The van der Waals surface area contributed by atoms with Gasteiger partial charge in [-0.15, -0.1) is 0 Å². The monoisotopic (exact) mass is 414 g/mol. The lowest BCUT2D eigenvalue weighted by Gasteiger charge is -2.42. The van der Waals surface area contributed by atoms with Crippen molar-refractivity contribution in [2.45, 2.75) is 44.3 Å². The number of esters is 1. The number of nitrogens with zero attached hydrogens (tertiary/aromatic N) is 1. The van der Waals surface area contributed by atoms with Gasteiger partial charge in [0.1, 0.15) is 12.0 Å². The molecule has 154 valence electrons. The molecule has 1 fully saturated rings. The van der Waals surface area contributed by atoms with Gasteiger partial charge in [-0.05, 0) is 13.0 Å². The zero-order chi connectivity index (χ0) is 20.8. The molecule has 2 rings (SSSR count). The third-order valence-corrected chi connectivity index (χ3v) is 5.42. The summed E-state index contributed by atoms with van der Waals surface area (Å²) in [6.45, 7) is 2.72. The van der Waals surface area contributed by atoms with E-state index in [1.165, 1.54) is 13.0 Å². The minimum atomic E-state index is -1.12. The van der Waals surface area contributed by atoms with Gasteiger partial charge in [-0.3, -0.25) is 24.2 Å². The summed E-state index contributed by atoms with van der Waals surface area (Å²) in [5, 5.41) is 21.4. The van der Waals surface area contributed by atoms with Crippen molar-refractivity contribution in [3.63, 3.8) is 0 Å². The van der Waals surface area contributed by atoms with Crippen molar-refractivity contribution < 1.29 is 38.9 Å². The van der Waals surface area contributed by atoms with Gasteiger partial charge in [0.25, 0.3) is 0 Å². The van der Waals surface area contributed by atoms with E-state index in [-0.39, 0.29) is 30.5 Å². The van der Waals surface area contributed by atoms with E-state index in [0.717, 1.165) is 11.8 Å². The van der Waals surface area contributed by atoms with Gasteiger partial charge < -0.3 is 25.0 Å². The maximum Gasteiger partial charge on any atom is 0.303 e. The molecule has 11 heteroatoms. The third kappa shape index (κ3) is 5.80. The first kappa shape index (κ1) is 21.9. The second-order valence-corrected chi connectivity index (χ2v) is 7.49. The van der Waals surface area contributed by atoms with Crippen molar-refractivity contribution in [3.8, 4) is 0 Å². The Morgan fingerprint density at radius 2 is 1.86 bits per heavy atom. The second kappa shape index (κ2) is 9.69. The molecule has 28 heavy (non-hydrogen) atoms. The Labute approximate surface area is 165 Å². The lowest BCUT2D eigenvalue weighted by Crippen LogP contribution is -2.50. The Bertz CT molecular complexity index is 707. The number of ether oxygens (including phenoxy) is 2. The molecule has 5 atom stereocenters. The smallest absolute Gasteiger partial charge is 0.303 e. The molecule has 10 nitrogen and oxygen atoms in total. The fourth-order valence-electron chi connectivity index (χ4n) is 3.30. The number of nitrogens with one attached hydrogen (secondary N) is 1. The molecule has 0 spiro atoms. The van der Waals surface area contributed by atoms with Gasteiger partial charge in [-0.2, -0.15) is 0 Å². The number of thioether (sulfide) groups is 1. The summed E-state index contributed by atoms with van der Waals surface area (Å²) in [6, 6.07) is -0.639. The molecule has 0 bridgehead atoms. The zero-order valence-electron chi connectivity index (χ0n) is 15.4. The van der Waals surface area contributed by atoms with Crippen molar-refractivity contribution in [2.75, 3.05) is 6.61 Å². The fraction of sp³-hybridized carbons (Fsp3) is 0.588. The van der Waals surface area contributed by atoms with Gasteiger partial charge in [-0.1, -0.05) is 17.8 Å². The molecule has 0 aromatic rings. The summed E-state index contributed by atoms with van der Waals surface area (Å²) in [5.74, 6) is -4.53. The summed E-state index contributed by atoms with van der Waals surface area (Å²) in [5.41, 5.74) is -0.615. The number of aliphatic imine (C=N–C) groups is 1. The average Bonchev–Trinajstić information content (AvgIpc) is 2.96. The molecule has 0 unspecified atom stereocenters. The number of amides is 1. The Morgan fingerprint density at radius 1 is 1.21 bits per heavy atom. The van der Waals surface area contributed by atoms with Crippen LogP contribution in [0.1, 0.15) is 26.7 Å². The quantitative estimate of drug-likeness (QED) is 0.402. The number of carboxylic acids is 2. The molecule has 0 aromatic carbocycles. The summed E-state index contributed by atoms with van der Waals surface area (Å²) >= 11 is 1.12. The highest BCUT2D eigenvalue weighted by atomic mass is 32.2. The van der Waals surface area contributed by atoms with Crippen LogP contribution in [0.5, 0.6) is 0 Å². The van der Waals surface area contributed by atoms with Crippen molar-refractivity contribution in [1.29, 1.82) is 0 Å². The van der Waals surface area contributed by atoms with Gasteiger partial charge in [-0.25, -0.2) is 0 Å². The van der Waals surface area contributed by atoms with Gasteiger partial charge in [0.05, 0.1) is 25.0 Å².